The van der Waals surface area contributed by atoms with Gasteiger partial charge in [-0.25, -0.2) is 0 Å². The second-order valence-electron chi connectivity index (χ2n) is 3.56. The molecule has 2 aromatic rings. The van der Waals surface area contributed by atoms with Gasteiger partial charge in [0.1, 0.15) is 0 Å². The van der Waals surface area contributed by atoms with E-state index in [-0.39, 0.29) is 0 Å². The number of nitrogens with zero attached hydrogens (tertiary/aromatic N) is 1. The predicted molar refractivity (Wildman–Crippen MR) is 65.0 cm³/mol. The fourth-order valence-corrected chi connectivity index (χ4v) is 2.40. The molecule has 2 nitrogen and oxygen atoms in total. The van der Waals surface area contributed by atoms with E-state index in [0.29, 0.717) is 6.54 Å². The van der Waals surface area contributed by atoms with Gasteiger partial charge in [-0.2, -0.15) is 0 Å². The minimum atomic E-state index is 0.653. The summed E-state index contributed by atoms with van der Waals surface area (Å²) in [6, 6.07) is 6.37. The number of pyridine rings is 1. The van der Waals surface area contributed by atoms with E-state index in [0.717, 1.165) is 12.1 Å². The van der Waals surface area contributed by atoms with Gasteiger partial charge < -0.3 is 5.73 Å². The molecule has 0 aliphatic rings. The van der Waals surface area contributed by atoms with Crippen molar-refractivity contribution in [3.8, 4) is 10.4 Å². The summed E-state index contributed by atoms with van der Waals surface area (Å²) in [5.41, 5.74) is 9.14. The van der Waals surface area contributed by atoms with Crippen LogP contribution in [0, 0.1) is 6.92 Å². The highest BCUT2D eigenvalue weighted by atomic mass is 32.1. The fourth-order valence-electron chi connectivity index (χ4n) is 1.50. The molecule has 0 aliphatic heterocycles. The van der Waals surface area contributed by atoms with Gasteiger partial charge in [-0.05, 0) is 48.2 Å². The van der Waals surface area contributed by atoms with Gasteiger partial charge in [0.25, 0.3) is 0 Å². The molecule has 3 heteroatoms. The first kappa shape index (κ1) is 10.3. The number of hydrogen-bond acceptors (Lipinski definition) is 3. The maximum atomic E-state index is 5.52. The van der Waals surface area contributed by atoms with Gasteiger partial charge in [-0.3, -0.25) is 4.98 Å². The average molecular weight is 218 g/mol. The minimum Gasteiger partial charge on any atom is -0.330 e. The Morgan fingerprint density at radius 3 is 2.93 bits per heavy atom. The van der Waals surface area contributed by atoms with Gasteiger partial charge in [0.05, 0.1) is 0 Å². The van der Waals surface area contributed by atoms with Gasteiger partial charge in [-0.1, -0.05) is 0 Å². The van der Waals surface area contributed by atoms with Crippen molar-refractivity contribution in [3.05, 3.63) is 41.0 Å². The Kier molecular flexibility index (Phi) is 3.14. The standard InChI is InChI=1S/C12H14N2S/c1-9-6-12(15-8-9)10-3-5-14-11(7-10)2-4-13/h3,5-8H,2,4,13H2,1H3. The first-order chi connectivity index (χ1) is 7.29. The monoisotopic (exact) mass is 218 g/mol. The Labute approximate surface area is 93.8 Å². The van der Waals surface area contributed by atoms with Gasteiger partial charge in [0.2, 0.25) is 0 Å². The molecule has 2 heterocycles. The second-order valence-corrected chi connectivity index (χ2v) is 4.47. The third-order valence-electron chi connectivity index (χ3n) is 2.23. The van der Waals surface area contributed by atoms with Crippen molar-refractivity contribution in [2.45, 2.75) is 13.3 Å². The van der Waals surface area contributed by atoms with Crippen LogP contribution in [0.4, 0.5) is 0 Å². The van der Waals surface area contributed by atoms with Crippen LogP contribution in [0.15, 0.2) is 29.8 Å². The molecule has 0 saturated carbocycles. The van der Waals surface area contributed by atoms with Crippen molar-refractivity contribution >= 4 is 11.3 Å². The molecular formula is C12H14N2S. The molecule has 2 N–H and O–H groups in total. The lowest BCUT2D eigenvalue weighted by molar-refractivity contribution is 0.924. The number of hydrogen-bond donors (Lipinski definition) is 1. The van der Waals surface area contributed by atoms with E-state index in [4.69, 9.17) is 5.73 Å². The van der Waals surface area contributed by atoms with Gasteiger partial charge >= 0.3 is 0 Å². The topological polar surface area (TPSA) is 38.9 Å². The fraction of sp³-hybridized carbons (Fsp3) is 0.250. The molecule has 0 aromatic carbocycles. The minimum absolute atomic E-state index is 0.653. The quantitative estimate of drug-likeness (QED) is 0.860. The lowest BCUT2D eigenvalue weighted by atomic mass is 10.1. The molecule has 0 aliphatic carbocycles. The zero-order valence-electron chi connectivity index (χ0n) is 8.73. The molecule has 78 valence electrons. The highest BCUT2D eigenvalue weighted by Gasteiger charge is 2.02. The number of nitrogens with two attached hydrogens (primary N) is 1. The molecule has 0 fully saturated rings. The smallest absolute Gasteiger partial charge is 0.0422 e. The van der Waals surface area contributed by atoms with Crippen LogP contribution < -0.4 is 5.73 Å². The van der Waals surface area contributed by atoms with Crippen LogP contribution in [-0.4, -0.2) is 11.5 Å². The van der Waals surface area contributed by atoms with Gasteiger partial charge in [0, 0.05) is 23.2 Å². The van der Waals surface area contributed by atoms with Crippen LogP contribution in [0.1, 0.15) is 11.3 Å². The number of aromatic nitrogens is 1. The number of thiophene rings is 1. The first-order valence-electron chi connectivity index (χ1n) is 5.00. The lowest BCUT2D eigenvalue weighted by Gasteiger charge is -2.01. The number of aryl methyl sites for hydroxylation is 1. The molecule has 0 saturated heterocycles. The van der Waals surface area contributed by atoms with Crippen LogP contribution >= 0.6 is 11.3 Å². The normalized spacial score (nSPS) is 10.5. The van der Waals surface area contributed by atoms with E-state index in [9.17, 15) is 0 Å². The molecule has 0 unspecified atom stereocenters. The summed E-state index contributed by atoms with van der Waals surface area (Å²) in [5.74, 6) is 0. The van der Waals surface area contributed by atoms with E-state index in [1.807, 2.05) is 12.3 Å². The largest absolute Gasteiger partial charge is 0.330 e. The van der Waals surface area contributed by atoms with E-state index in [1.54, 1.807) is 11.3 Å². The van der Waals surface area contributed by atoms with Crippen molar-refractivity contribution < 1.29 is 0 Å². The summed E-state index contributed by atoms with van der Waals surface area (Å²) in [4.78, 5) is 5.59. The van der Waals surface area contributed by atoms with Crippen molar-refractivity contribution in [2.75, 3.05) is 6.54 Å². The highest BCUT2D eigenvalue weighted by Crippen LogP contribution is 2.26. The predicted octanol–water partition coefficient (Wildman–Crippen LogP) is 2.62. The Balaban J connectivity index is 2.32. The molecule has 0 amide bonds. The molecule has 0 atom stereocenters. The average Bonchev–Trinajstić information content (AvgIpc) is 2.66. The zero-order valence-corrected chi connectivity index (χ0v) is 9.55. The van der Waals surface area contributed by atoms with E-state index >= 15 is 0 Å². The van der Waals surface area contributed by atoms with Crippen LogP contribution in [0.2, 0.25) is 0 Å². The summed E-state index contributed by atoms with van der Waals surface area (Å²) < 4.78 is 0. The highest BCUT2D eigenvalue weighted by molar-refractivity contribution is 7.13. The Morgan fingerprint density at radius 1 is 1.40 bits per heavy atom. The van der Waals surface area contributed by atoms with E-state index < -0.39 is 0 Å². The maximum absolute atomic E-state index is 5.52. The molecule has 0 bridgehead atoms. The third-order valence-corrected chi connectivity index (χ3v) is 3.33. The first-order valence-corrected chi connectivity index (χ1v) is 5.88. The maximum Gasteiger partial charge on any atom is 0.0422 e. The van der Waals surface area contributed by atoms with Crippen molar-refractivity contribution in [1.82, 2.24) is 4.98 Å². The Morgan fingerprint density at radius 2 is 2.27 bits per heavy atom. The molecule has 0 radical (unpaired) electrons. The van der Waals surface area contributed by atoms with Gasteiger partial charge in [-0.15, -0.1) is 11.3 Å². The third kappa shape index (κ3) is 2.43. The van der Waals surface area contributed by atoms with E-state index in [1.165, 1.54) is 16.0 Å². The summed E-state index contributed by atoms with van der Waals surface area (Å²) >= 11 is 1.77. The summed E-state index contributed by atoms with van der Waals surface area (Å²) in [7, 11) is 0. The molecule has 15 heavy (non-hydrogen) atoms. The summed E-state index contributed by atoms with van der Waals surface area (Å²) in [6.45, 7) is 2.77. The summed E-state index contributed by atoms with van der Waals surface area (Å²) in [6.07, 6.45) is 2.70. The van der Waals surface area contributed by atoms with E-state index in [2.05, 4.69) is 29.4 Å². The van der Waals surface area contributed by atoms with Crippen molar-refractivity contribution in [1.29, 1.82) is 0 Å². The van der Waals surface area contributed by atoms with Crippen LogP contribution in [0.5, 0.6) is 0 Å². The van der Waals surface area contributed by atoms with Gasteiger partial charge in [0.15, 0.2) is 0 Å². The molecule has 0 spiro atoms. The number of rotatable bonds is 3. The second kappa shape index (κ2) is 4.55. The van der Waals surface area contributed by atoms with Crippen LogP contribution in [0.3, 0.4) is 0 Å². The Hall–Kier alpha value is -1.19. The SMILES string of the molecule is Cc1csc(-c2ccnc(CCN)c2)c1. The molecule has 2 rings (SSSR count). The van der Waals surface area contributed by atoms with Crippen molar-refractivity contribution in [3.63, 3.8) is 0 Å². The molecule has 2 aromatic heterocycles. The lowest BCUT2D eigenvalue weighted by Crippen LogP contribution is -2.04. The van der Waals surface area contributed by atoms with Crippen LogP contribution in [0.25, 0.3) is 10.4 Å². The Bertz CT molecular complexity index is 448. The summed E-state index contributed by atoms with van der Waals surface area (Å²) in [5, 5.41) is 2.17. The zero-order chi connectivity index (χ0) is 10.7. The van der Waals surface area contributed by atoms with Crippen LogP contribution in [-0.2, 0) is 6.42 Å². The van der Waals surface area contributed by atoms with Crippen molar-refractivity contribution in [2.24, 2.45) is 5.73 Å². The molecular weight excluding hydrogens is 204 g/mol.